The Morgan fingerprint density at radius 2 is 1.67 bits per heavy atom. The molecule has 0 fully saturated rings. The largest absolute Gasteiger partial charge is 0.508 e. The highest BCUT2D eigenvalue weighted by atomic mass is 16.6. The number of benzene rings is 2. The molecule has 0 saturated carbocycles. The molecule has 3 amide bonds. The number of primary amides is 1. The van der Waals surface area contributed by atoms with E-state index in [0.717, 1.165) is 28.7 Å². The first-order chi connectivity index (χ1) is 16.8. The molecule has 2 rings (SSSR count). The highest BCUT2D eigenvalue weighted by molar-refractivity contribution is 5.91. The third kappa shape index (κ3) is 8.59. The van der Waals surface area contributed by atoms with Gasteiger partial charge in [0.2, 0.25) is 11.8 Å². The fraction of sp³-hybridized carbons (Fsp3) is 0.464. The average molecular weight is 498 g/mol. The maximum absolute atomic E-state index is 13.8. The normalized spacial score (nSPS) is 12.9. The van der Waals surface area contributed by atoms with Crippen molar-refractivity contribution >= 4 is 17.9 Å². The first kappa shape index (κ1) is 28.7. The van der Waals surface area contributed by atoms with Gasteiger partial charge >= 0.3 is 6.09 Å². The minimum Gasteiger partial charge on any atom is -0.508 e. The lowest BCUT2D eigenvalue weighted by atomic mass is 9.95. The molecule has 0 heterocycles. The molecule has 8 nitrogen and oxygen atoms in total. The zero-order chi connectivity index (χ0) is 27.0. The summed E-state index contributed by atoms with van der Waals surface area (Å²) < 4.78 is 5.41. The third-order valence-corrected chi connectivity index (χ3v) is 5.95. The van der Waals surface area contributed by atoms with E-state index >= 15 is 0 Å². The van der Waals surface area contributed by atoms with Crippen LogP contribution < -0.4 is 11.1 Å². The molecule has 2 aromatic carbocycles. The van der Waals surface area contributed by atoms with Crippen LogP contribution in [-0.4, -0.2) is 52.1 Å². The predicted octanol–water partition coefficient (Wildman–Crippen LogP) is 3.78. The second kappa shape index (κ2) is 12.4. The van der Waals surface area contributed by atoms with Crippen molar-refractivity contribution in [3.63, 3.8) is 0 Å². The van der Waals surface area contributed by atoms with Gasteiger partial charge in [0.1, 0.15) is 23.4 Å². The van der Waals surface area contributed by atoms with Crippen LogP contribution in [0.3, 0.4) is 0 Å². The van der Waals surface area contributed by atoms with Crippen LogP contribution in [0, 0.1) is 13.8 Å². The predicted molar refractivity (Wildman–Crippen MR) is 140 cm³/mol. The number of hydrogen-bond acceptors (Lipinski definition) is 5. The summed E-state index contributed by atoms with van der Waals surface area (Å²) in [7, 11) is 0. The SMILES string of the molecule is Cc1cc(O)cc(C)c1CC(NC(=O)OC(C)(C)C)C(=O)N(CCCc1ccccc1)[C@@H](C)C(N)=O. The van der Waals surface area contributed by atoms with Crippen molar-refractivity contribution in [2.75, 3.05) is 6.54 Å². The zero-order valence-electron chi connectivity index (χ0n) is 22.1. The molecule has 0 radical (unpaired) electrons. The summed E-state index contributed by atoms with van der Waals surface area (Å²) >= 11 is 0. The molecule has 1 unspecified atom stereocenters. The molecular weight excluding hydrogens is 458 g/mol. The lowest BCUT2D eigenvalue weighted by molar-refractivity contribution is -0.140. The van der Waals surface area contributed by atoms with E-state index in [-0.39, 0.29) is 18.7 Å². The van der Waals surface area contributed by atoms with Crippen molar-refractivity contribution in [2.45, 2.75) is 78.5 Å². The van der Waals surface area contributed by atoms with Crippen molar-refractivity contribution in [1.82, 2.24) is 10.2 Å². The van der Waals surface area contributed by atoms with Crippen molar-refractivity contribution < 1.29 is 24.2 Å². The van der Waals surface area contributed by atoms with E-state index in [9.17, 15) is 19.5 Å². The molecule has 0 aliphatic rings. The highest BCUT2D eigenvalue weighted by Gasteiger charge is 2.33. The molecule has 4 N–H and O–H groups in total. The van der Waals surface area contributed by atoms with Crippen LogP contribution >= 0.6 is 0 Å². The number of carbonyl (C=O) groups is 3. The van der Waals surface area contributed by atoms with E-state index in [1.54, 1.807) is 39.8 Å². The Kier molecular flexibility index (Phi) is 9.90. The molecule has 0 aliphatic carbocycles. The van der Waals surface area contributed by atoms with Crippen molar-refractivity contribution in [1.29, 1.82) is 0 Å². The topological polar surface area (TPSA) is 122 Å². The number of ether oxygens (including phenoxy) is 1. The quantitative estimate of drug-likeness (QED) is 0.461. The minimum absolute atomic E-state index is 0.126. The molecule has 2 atom stereocenters. The number of nitrogens with two attached hydrogens (primary N) is 1. The van der Waals surface area contributed by atoms with Gasteiger partial charge in [0.25, 0.3) is 0 Å². The van der Waals surface area contributed by atoms with Crippen molar-refractivity contribution in [2.24, 2.45) is 5.73 Å². The number of nitrogens with zero attached hydrogens (tertiary/aromatic N) is 1. The van der Waals surface area contributed by atoms with Crippen molar-refractivity contribution in [3.8, 4) is 5.75 Å². The number of phenolic OH excluding ortho intramolecular Hbond substituents is 1. The van der Waals surface area contributed by atoms with Gasteiger partial charge in [0.15, 0.2) is 0 Å². The number of aromatic hydroxyl groups is 1. The Hall–Kier alpha value is -3.55. The maximum atomic E-state index is 13.8. The fourth-order valence-electron chi connectivity index (χ4n) is 4.09. The van der Waals surface area contributed by atoms with Crippen LogP contribution in [0.15, 0.2) is 42.5 Å². The van der Waals surface area contributed by atoms with Crippen LogP contribution in [0.5, 0.6) is 5.75 Å². The van der Waals surface area contributed by atoms with Gasteiger partial charge in [-0.15, -0.1) is 0 Å². The molecule has 0 spiro atoms. The second-order valence-electron chi connectivity index (χ2n) is 10.2. The summed E-state index contributed by atoms with van der Waals surface area (Å²) in [6.45, 7) is 10.8. The van der Waals surface area contributed by atoms with E-state index < -0.39 is 35.6 Å². The van der Waals surface area contributed by atoms with Gasteiger partial charge in [-0.05, 0) is 88.8 Å². The number of hydrogen-bond donors (Lipinski definition) is 3. The molecule has 0 aliphatic heterocycles. The summed E-state index contributed by atoms with van der Waals surface area (Å²) in [4.78, 5) is 40.0. The standard InChI is InChI=1S/C28H39N3O5/c1-18-15-22(32)16-19(2)23(18)17-24(30-27(35)36-28(4,5)6)26(34)31(20(3)25(29)33)14-10-13-21-11-8-7-9-12-21/h7-9,11-12,15-16,20,24,32H,10,13-14,17H2,1-6H3,(H2,29,33)(H,30,35)/t20-,24?/m0/s1. The molecule has 36 heavy (non-hydrogen) atoms. The second-order valence-corrected chi connectivity index (χ2v) is 10.2. The number of aryl methyl sites for hydroxylation is 3. The summed E-state index contributed by atoms with van der Waals surface area (Å²) in [6, 6.07) is 11.2. The molecule has 0 aromatic heterocycles. The van der Waals surface area contributed by atoms with Gasteiger partial charge in [-0.1, -0.05) is 30.3 Å². The van der Waals surface area contributed by atoms with Crippen LogP contribution in [0.25, 0.3) is 0 Å². The van der Waals surface area contributed by atoms with Gasteiger partial charge in [-0.25, -0.2) is 4.79 Å². The fourth-order valence-corrected chi connectivity index (χ4v) is 4.09. The van der Waals surface area contributed by atoms with Crippen LogP contribution in [0.1, 0.15) is 56.4 Å². The van der Waals surface area contributed by atoms with Gasteiger partial charge in [-0.3, -0.25) is 9.59 Å². The van der Waals surface area contributed by atoms with E-state index in [0.29, 0.717) is 6.42 Å². The van der Waals surface area contributed by atoms with Gasteiger partial charge in [0, 0.05) is 13.0 Å². The number of nitrogens with one attached hydrogen (secondary N) is 1. The molecular formula is C28H39N3O5. The van der Waals surface area contributed by atoms with E-state index in [2.05, 4.69) is 5.32 Å². The van der Waals surface area contributed by atoms with Crippen LogP contribution in [0.4, 0.5) is 4.79 Å². The Labute approximate surface area is 213 Å². The van der Waals surface area contributed by atoms with E-state index in [4.69, 9.17) is 10.5 Å². The van der Waals surface area contributed by atoms with Gasteiger partial charge in [-0.2, -0.15) is 0 Å². The number of rotatable bonds is 10. The molecule has 0 saturated heterocycles. The molecule has 196 valence electrons. The average Bonchev–Trinajstić information content (AvgIpc) is 2.76. The number of phenols is 1. The molecule has 2 aromatic rings. The number of amides is 3. The third-order valence-electron chi connectivity index (χ3n) is 5.95. The van der Waals surface area contributed by atoms with E-state index in [1.165, 1.54) is 4.90 Å². The first-order valence-electron chi connectivity index (χ1n) is 12.2. The minimum atomic E-state index is -1.000. The number of carbonyl (C=O) groups excluding carboxylic acids is 3. The maximum Gasteiger partial charge on any atom is 0.408 e. The van der Waals surface area contributed by atoms with Crippen LogP contribution in [-0.2, 0) is 27.2 Å². The molecule has 8 heteroatoms. The lowest BCUT2D eigenvalue weighted by Gasteiger charge is -2.32. The molecule has 0 bridgehead atoms. The summed E-state index contributed by atoms with van der Waals surface area (Å²) in [5.41, 5.74) is 8.35. The van der Waals surface area contributed by atoms with Gasteiger partial charge < -0.3 is 25.8 Å². The highest BCUT2D eigenvalue weighted by Crippen LogP contribution is 2.23. The first-order valence-corrected chi connectivity index (χ1v) is 12.2. The number of alkyl carbamates (subject to hydrolysis) is 1. The summed E-state index contributed by atoms with van der Waals surface area (Å²) in [6.07, 6.45) is 0.766. The Bertz CT molecular complexity index is 1040. The van der Waals surface area contributed by atoms with Crippen LogP contribution in [0.2, 0.25) is 0 Å². The Balaban J connectivity index is 2.34. The Morgan fingerprint density at radius 3 is 2.19 bits per heavy atom. The monoisotopic (exact) mass is 497 g/mol. The lowest BCUT2D eigenvalue weighted by Crippen LogP contribution is -2.55. The van der Waals surface area contributed by atoms with E-state index in [1.807, 2.05) is 44.2 Å². The van der Waals surface area contributed by atoms with Gasteiger partial charge in [0.05, 0.1) is 0 Å². The Morgan fingerprint density at radius 1 is 1.08 bits per heavy atom. The summed E-state index contributed by atoms with van der Waals surface area (Å²) in [5.74, 6) is -0.926. The van der Waals surface area contributed by atoms with Crippen molar-refractivity contribution in [3.05, 3.63) is 64.7 Å². The summed E-state index contributed by atoms with van der Waals surface area (Å²) in [5, 5.41) is 12.6. The zero-order valence-corrected chi connectivity index (χ0v) is 22.1. The smallest absolute Gasteiger partial charge is 0.408 e.